The Hall–Kier alpha value is -0.830. The van der Waals surface area contributed by atoms with E-state index in [2.05, 4.69) is 34.1 Å². The zero-order chi connectivity index (χ0) is 14.5. The first-order valence-corrected chi connectivity index (χ1v) is 8.51. The minimum atomic E-state index is 0.824. The van der Waals surface area contributed by atoms with Crippen LogP contribution in [0.15, 0.2) is 36.4 Å². The second kappa shape index (κ2) is 7.44. The molecule has 3 heteroatoms. The van der Waals surface area contributed by atoms with Crippen LogP contribution in [0.4, 0.5) is 0 Å². The molecule has 2 aliphatic rings. The molecular formula is C18H25ClN2. The molecule has 0 bridgehead atoms. The number of nitrogens with zero attached hydrogens (tertiary/aromatic N) is 2. The van der Waals surface area contributed by atoms with Gasteiger partial charge >= 0.3 is 0 Å². The lowest BCUT2D eigenvalue weighted by atomic mass is 9.94. The maximum Gasteiger partial charge on any atom is 0.0406 e. The molecule has 21 heavy (non-hydrogen) atoms. The molecule has 2 nitrogen and oxygen atoms in total. The lowest BCUT2D eigenvalue weighted by molar-refractivity contribution is 0.111. The number of hydrogen-bond acceptors (Lipinski definition) is 2. The molecule has 1 aliphatic carbocycles. The number of benzene rings is 1. The highest BCUT2D eigenvalue weighted by Gasteiger charge is 2.20. The molecule has 0 spiro atoms. The van der Waals surface area contributed by atoms with Crippen molar-refractivity contribution in [3.8, 4) is 0 Å². The average Bonchev–Trinajstić information content (AvgIpc) is 2.53. The molecule has 114 valence electrons. The molecule has 1 aromatic carbocycles. The predicted molar refractivity (Wildman–Crippen MR) is 89.7 cm³/mol. The second-order valence-corrected chi connectivity index (χ2v) is 6.79. The maximum absolute atomic E-state index is 5.94. The molecule has 1 aliphatic heterocycles. The summed E-state index contributed by atoms with van der Waals surface area (Å²) in [5.74, 6) is 0.887. The van der Waals surface area contributed by atoms with Crippen molar-refractivity contribution in [2.24, 2.45) is 5.92 Å². The van der Waals surface area contributed by atoms with Gasteiger partial charge in [-0.2, -0.15) is 0 Å². The van der Waals surface area contributed by atoms with Crippen molar-refractivity contribution in [3.63, 3.8) is 0 Å². The normalized spacial score (nSPS) is 24.3. The fourth-order valence-electron chi connectivity index (χ4n) is 3.37. The van der Waals surface area contributed by atoms with Gasteiger partial charge in [-0.15, -0.1) is 0 Å². The Balaban J connectivity index is 1.42. The summed E-state index contributed by atoms with van der Waals surface area (Å²) < 4.78 is 0. The van der Waals surface area contributed by atoms with Gasteiger partial charge in [0, 0.05) is 44.3 Å². The SMILES string of the molecule is Clc1ccc(CN2CCN(C[C@@H]3CC=CCC3)CC2)cc1. The van der Waals surface area contributed by atoms with Crippen molar-refractivity contribution in [1.29, 1.82) is 0 Å². The van der Waals surface area contributed by atoms with E-state index < -0.39 is 0 Å². The van der Waals surface area contributed by atoms with Crippen LogP contribution in [-0.2, 0) is 6.54 Å². The second-order valence-electron chi connectivity index (χ2n) is 6.35. The van der Waals surface area contributed by atoms with Crippen molar-refractivity contribution in [2.45, 2.75) is 25.8 Å². The van der Waals surface area contributed by atoms with E-state index in [1.165, 1.54) is 57.5 Å². The summed E-state index contributed by atoms with van der Waals surface area (Å²) in [7, 11) is 0. The fourth-order valence-corrected chi connectivity index (χ4v) is 3.49. The van der Waals surface area contributed by atoms with Crippen molar-refractivity contribution in [3.05, 3.63) is 47.0 Å². The molecule has 1 aromatic rings. The van der Waals surface area contributed by atoms with Gasteiger partial charge in [0.25, 0.3) is 0 Å². The van der Waals surface area contributed by atoms with Gasteiger partial charge in [-0.3, -0.25) is 4.90 Å². The highest BCUT2D eigenvalue weighted by atomic mass is 35.5. The maximum atomic E-state index is 5.94. The van der Waals surface area contributed by atoms with Crippen LogP contribution in [0, 0.1) is 5.92 Å². The van der Waals surface area contributed by atoms with Crippen LogP contribution in [0.3, 0.4) is 0 Å². The number of allylic oxidation sites excluding steroid dienone is 2. The Morgan fingerprint density at radius 3 is 2.33 bits per heavy atom. The van der Waals surface area contributed by atoms with E-state index in [-0.39, 0.29) is 0 Å². The standard InChI is InChI=1S/C18H25ClN2/c19-18-8-6-17(7-9-18)15-21-12-10-20(11-13-21)14-16-4-2-1-3-5-16/h1-2,6-9,16H,3-5,10-15H2/t16-/m1/s1. The van der Waals surface area contributed by atoms with E-state index >= 15 is 0 Å². The molecule has 0 unspecified atom stereocenters. The van der Waals surface area contributed by atoms with Crippen LogP contribution >= 0.6 is 11.6 Å². The topological polar surface area (TPSA) is 6.48 Å². The third-order valence-electron chi connectivity index (χ3n) is 4.68. The Bertz CT molecular complexity index is 461. The molecule has 1 saturated heterocycles. The van der Waals surface area contributed by atoms with Crippen molar-refractivity contribution in [2.75, 3.05) is 32.7 Å². The molecule has 0 amide bonds. The average molecular weight is 305 g/mol. The van der Waals surface area contributed by atoms with Crippen LogP contribution in [0.25, 0.3) is 0 Å². The van der Waals surface area contributed by atoms with Crippen LogP contribution in [0.1, 0.15) is 24.8 Å². The summed E-state index contributed by atoms with van der Waals surface area (Å²) in [5, 5.41) is 0.824. The van der Waals surface area contributed by atoms with Gasteiger partial charge < -0.3 is 4.90 Å². The molecule has 3 rings (SSSR count). The first-order chi connectivity index (χ1) is 10.3. The van der Waals surface area contributed by atoms with Gasteiger partial charge in [-0.05, 0) is 42.9 Å². The highest BCUT2D eigenvalue weighted by molar-refractivity contribution is 6.30. The number of rotatable bonds is 4. The van der Waals surface area contributed by atoms with E-state index in [0.717, 1.165) is 17.5 Å². The van der Waals surface area contributed by atoms with Crippen LogP contribution < -0.4 is 0 Å². The van der Waals surface area contributed by atoms with Gasteiger partial charge in [0.2, 0.25) is 0 Å². The smallest absolute Gasteiger partial charge is 0.0406 e. The molecule has 0 radical (unpaired) electrons. The third kappa shape index (κ3) is 4.57. The zero-order valence-electron chi connectivity index (χ0n) is 12.7. The Morgan fingerprint density at radius 2 is 1.67 bits per heavy atom. The summed E-state index contributed by atoms with van der Waals surface area (Å²) >= 11 is 5.94. The number of piperazine rings is 1. The van der Waals surface area contributed by atoms with E-state index in [9.17, 15) is 0 Å². The Kier molecular flexibility index (Phi) is 5.34. The quantitative estimate of drug-likeness (QED) is 0.780. The predicted octanol–water partition coefficient (Wildman–Crippen LogP) is 3.81. The fraction of sp³-hybridized carbons (Fsp3) is 0.556. The molecular weight excluding hydrogens is 280 g/mol. The summed E-state index contributed by atoms with van der Waals surface area (Å²) in [6.45, 7) is 7.15. The third-order valence-corrected chi connectivity index (χ3v) is 4.93. The molecule has 0 saturated carbocycles. The largest absolute Gasteiger partial charge is 0.301 e. The first-order valence-electron chi connectivity index (χ1n) is 8.14. The minimum absolute atomic E-state index is 0.824. The van der Waals surface area contributed by atoms with Crippen molar-refractivity contribution in [1.82, 2.24) is 9.80 Å². The van der Waals surface area contributed by atoms with Crippen LogP contribution in [0.2, 0.25) is 5.02 Å². The van der Waals surface area contributed by atoms with E-state index in [1.54, 1.807) is 0 Å². The summed E-state index contributed by atoms with van der Waals surface area (Å²) in [4.78, 5) is 5.21. The summed E-state index contributed by atoms with van der Waals surface area (Å²) in [6, 6.07) is 8.26. The van der Waals surface area contributed by atoms with Gasteiger partial charge in [0.1, 0.15) is 0 Å². The highest BCUT2D eigenvalue weighted by Crippen LogP contribution is 2.20. The van der Waals surface area contributed by atoms with Gasteiger partial charge in [-0.25, -0.2) is 0 Å². The summed E-state index contributed by atoms with van der Waals surface area (Å²) in [5.41, 5.74) is 1.37. The summed E-state index contributed by atoms with van der Waals surface area (Å²) in [6.07, 6.45) is 8.64. The van der Waals surface area contributed by atoms with Gasteiger partial charge in [-0.1, -0.05) is 35.9 Å². The first kappa shape index (κ1) is 15.1. The Labute approximate surface area is 133 Å². The number of hydrogen-bond donors (Lipinski definition) is 0. The molecule has 1 heterocycles. The molecule has 1 atom stereocenters. The van der Waals surface area contributed by atoms with Crippen molar-refractivity contribution >= 4 is 11.6 Å². The molecule has 0 aromatic heterocycles. The van der Waals surface area contributed by atoms with E-state index in [1.807, 2.05) is 12.1 Å². The lowest BCUT2D eigenvalue weighted by Crippen LogP contribution is -2.47. The number of halogens is 1. The molecule has 1 fully saturated rings. The van der Waals surface area contributed by atoms with Crippen LogP contribution in [0.5, 0.6) is 0 Å². The monoisotopic (exact) mass is 304 g/mol. The van der Waals surface area contributed by atoms with Gasteiger partial charge in [0.05, 0.1) is 0 Å². The van der Waals surface area contributed by atoms with E-state index in [0.29, 0.717) is 0 Å². The van der Waals surface area contributed by atoms with E-state index in [4.69, 9.17) is 11.6 Å². The van der Waals surface area contributed by atoms with Crippen LogP contribution in [-0.4, -0.2) is 42.5 Å². The Morgan fingerprint density at radius 1 is 0.952 bits per heavy atom. The van der Waals surface area contributed by atoms with Gasteiger partial charge in [0.15, 0.2) is 0 Å². The lowest BCUT2D eigenvalue weighted by Gasteiger charge is -2.36. The zero-order valence-corrected chi connectivity index (χ0v) is 13.4. The minimum Gasteiger partial charge on any atom is -0.301 e. The van der Waals surface area contributed by atoms with Crippen molar-refractivity contribution < 1.29 is 0 Å². The molecule has 0 N–H and O–H groups in total.